The van der Waals surface area contributed by atoms with Crippen molar-refractivity contribution in [1.82, 2.24) is 62.8 Å². The molecule has 2 aromatic carbocycles. The van der Waals surface area contributed by atoms with Gasteiger partial charge in [0, 0.05) is 108 Å². The van der Waals surface area contributed by atoms with Crippen LogP contribution in [0, 0.1) is 0 Å². The third-order valence-corrected chi connectivity index (χ3v) is 12.9. The second kappa shape index (κ2) is 43.7. The van der Waals surface area contributed by atoms with Gasteiger partial charge < -0.3 is 63.1 Å². The number of pyridine rings is 3. The number of phenols is 1. The van der Waals surface area contributed by atoms with Gasteiger partial charge in [-0.15, -0.1) is 0 Å². The van der Waals surface area contributed by atoms with Crippen molar-refractivity contribution in [2.45, 2.75) is 196 Å². The summed E-state index contributed by atoms with van der Waals surface area (Å²) in [6, 6.07) is 27.8. The number of benzene rings is 2. The Balaban J connectivity index is 0.000000550. The van der Waals surface area contributed by atoms with Crippen molar-refractivity contribution in [2.24, 2.45) is 5.73 Å². The number of nitrogens with zero attached hydrogens (tertiary/aromatic N) is 3. The van der Waals surface area contributed by atoms with Crippen molar-refractivity contribution in [2.75, 3.05) is 0 Å². The maximum Gasteiger partial charge on any atom is 0.417 e. The maximum absolute atomic E-state index is 12.7. The molecule has 2 atom stereocenters. The molecule has 4 heterocycles. The first-order valence-corrected chi connectivity index (χ1v) is 31.8. The van der Waals surface area contributed by atoms with Gasteiger partial charge in [-0.25, -0.2) is 9.59 Å². The number of aromatic hydroxyl groups is 1. The molecule has 0 aliphatic heterocycles. The molecule has 1 fully saturated rings. The van der Waals surface area contributed by atoms with Crippen LogP contribution in [0.2, 0.25) is 10.0 Å². The Kier molecular flexibility index (Phi) is 39.0. The van der Waals surface area contributed by atoms with E-state index in [0.29, 0.717) is 52.9 Å². The van der Waals surface area contributed by atoms with Crippen LogP contribution in [0.1, 0.15) is 175 Å². The van der Waals surface area contributed by atoms with Crippen LogP contribution in [0.5, 0.6) is 5.75 Å². The van der Waals surface area contributed by atoms with E-state index >= 15 is 0 Å². The van der Waals surface area contributed by atoms with Crippen molar-refractivity contribution >= 4 is 58.1 Å². The topological polar surface area (TPSA) is 240 Å². The average Bonchev–Trinajstić information content (AvgIpc) is 1.23. The van der Waals surface area contributed by atoms with Gasteiger partial charge in [0.1, 0.15) is 11.5 Å². The lowest BCUT2D eigenvalue weighted by Crippen LogP contribution is -2.50. The van der Waals surface area contributed by atoms with E-state index in [9.17, 15) is 27.9 Å². The van der Waals surface area contributed by atoms with Crippen molar-refractivity contribution in [3.8, 4) is 5.75 Å². The third-order valence-electron chi connectivity index (χ3n) is 12.2. The Hall–Kier alpha value is -8.04. The molecule has 12 N–H and O–H groups in total. The van der Waals surface area contributed by atoms with Gasteiger partial charge in [-0.1, -0.05) is 81.6 Å². The van der Waals surface area contributed by atoms with Crippen molar-refractivity contribution in [1.29, 1.82) is 0 Å². The van der Waals surface area contributed by atoms with Crippen molar-refractivity contribution < 1.29 is 32.3 Å². The predicted molar refractivity (Wildman–Crippen MR) is 380 cm³/mol. The number of hydrogen-bond acceptors (Lipinski definition) is 13. The number of furan rings is 1. The molecule has 0 spiro atoms. The summed E-state index contributed by atoms with van der Waals surface area (Å²) in [6.45, 7) is 47.3. The number of nitrogens with one attached hydrogen (secondary N) is 9. The third kappa shape index (κ3) is 37.3. The van der Waals surface area contributed by atoms with Crippen molar-refractivity contribution in [3.05, 3.63) is 204 Å². The molecular weight excluding hydrogens is 1230 g/mol. The van der Waals surface area contributed by atoms with Gasteiger partial charge in [-0.05, 0) is 194 Å². The number of nitrogens with two attached hydrogens (primary N) is 1. The SMILES string of the molecule is C=C(NC(C)C)c1ccccn1.C=C(NC(C)C)c1cccnc1.C=C(NC(C)C)c1ccco1.C=C(NC(C)C)c1ccncc1.CC(C)NC(=O)N[C@H](C)c1ccc(Cl)c(C(F)(F)F)c1.CC(C)NC(=O)N[C@H](C)c1ccc(Cl)c(O)c1.CC(C)NC1CC(N)C1. The smallest absolute Gasteiger partial charge is 0.417 e. The number of aromatic nitrogens is 3. The fraction of sp³-hybridized carbons (Fsp3) is 0.423. The standard InChI is InChI=1S/C13H16ClF3N2O.C12H17ClN2O2.3C10H14N2.C9H13NO.C7H16N2/c1-7(2)18-12(20)19-8(3)9-4-5-11(14)10(6-9)13(15,16)17;1-7(2)14-12(17)15-8(3)9-4-5-10(13)11(16)6-9;1-8(2)12-9(3)10-4-6-11-7-5-10;1-8(2)12-9(3)10-5-4-6-11-7-10;1-8(2)12-9(3)10-6-4-5-7-11-10;1-7(2)10-8(3)9-5-4-6-11-9;1-5(2)9-7-3-6(8)4-7/h4-8H,1-3H3,(H2,18,19,20);4-8,16H,1-3H3,(H2,14,15,17);3*4-8,12H,3H2,1-2H3;4-7,10H,3H2,1-2H3;5-7,9H,3-4,8H2,1-2H3/t2*8-;;;;;/m11...../s1. The first kappa shape index (κ1) is 83.0. The van der Waals surface area contributed by atoms with E-state index in [4.69, 9.17) is 33.4 Å². The number of carbonyl (C=O) groups is 2. The average molecular weight is 1330 g/mol. The molecule has 0 radical (unpaired) electrons. The first-order chi connectivity index (χ1) is 43.5. The minimum Gasteiger partial charge on any atom is -0.506 e. The quantitative estimate of drug-likeness (QED) is 0.0341. The highest BCUT2D eigenvalue weighted by atomic mass is 35.5. The van der Waals surface area contributed by atoms with E-state index in [1.807, 2.05) is 75.4 Å². The molecule has 0 unspecified atom stereocenters. The number of carbonyl (C=O) groups excluding carboxylic acids is 2. The van der Waals surface area contributed by atoms with Gasteiger partial charge in [-0.3, -0.25) is 15.0 Å². The zero-order valence-electron chi connectivity index (χ0n) is 57.2. The highest BCUT2D eigenvalue weighted by molar-refractivity contribution is 6.32. The summed E-state index contributed by atoms with van der Waals surface area (Å²) in [5, 5.41) is 36.3. The normalized spacial score (nSPS) is 13.5. The molecular formula is C71H104Cl2F3N13O4. The lowest BCUT2D eigenvalue weighted by Gasteiger charge is -2.34. The van der Waals surface area contributed by atoms with Crippen molar-refractivity contribution in [3.63, 3.8) is 0 Å². The fourth-order valence-electron chi connectivity index (χ4n) is 8.06. The van der Waals surface area contributed by atoms with Gasteiger partial charge in [0.25, 0.3) is 0 Å². The molecule has 93 heavy (non-hydrogen) atoms. The summed E-state index contributed by atoms with van der Waals surface area (Å²) in [4.78, 5) is 35.1. The van der Waals surface area contributed by atoms with Crippen LogP contribution in [-0.4, -0.2) is 86.5 Å². The second-order valence-corrected chi connectivity index (χ2v) is 24.8. The maximum atomic E-state index is 12.7. The van der Waals surface area contributed by atoms with Crippen LogP contribution in [0.3, 0.4) is 0 Å². The lowest BCUT2D eigenvalue weighted by molar-refractivity contribution is -0.137. The fourth-order valence-corrected chi connectivity index (χ4v) is 8.40. The summed E-state index contributed by atoms with van der Waals surface area (Å²) in [6.07, 6.45) is 8.31. The van der Waals surface area contributed by atoms with E-state index in [0.717, 1.165) is 69.8 Å². The number of phenolic OH excluding ortho intramolecular Hbond substituents is 1. The second-order valence-electron chi connectivity index (χ2n) is 24.0. The number of rotatable bonds is 20. The van der Waals surface area contributed by atoms with Crippen LogP contribution < -0.4 is 53.6 Å². The van der Waals surface area contributed by atoms with Gasteiger partial charge in [-0.2, -0.15) is 13.2 Å². The number of halogens is 5. The highest BCUT2D eigenvalue weighted by Crippen LogP contribution is 2.36. The molecule has 7 rings (SSSR count). The van der Waals surface area contributed by atoms with Gasteiger partial charge in [0.15, 0.2) is 0 Å². The summed E-state index contributed by atoms with van der Waals surface area (Å²) in [7, 11) is 0. The van der Waals surface area contributed by atoms with E-state index in [2.05, 4.69) is 158 Å². The Bertz CT molecular complexity index is 2970. The van der Waals surface area contributed by atoms with E-state index in [-0.39, 0.29) is 34.9 Å². The van der Waals surface area contributed by atoms with Crippen LogP contribution >= 0.6 is 23.2 Å². The predicted octanol–water partition coefficient (Wildman–Crippen LogP) is 15.8. The number of urea groups is 2. The lowest BCUT2D eigenvalue weighted by atomic mass is 9.87. The number of hydrogen-bond donors (Lipinski definition) is 11. The Morgan fingerprint density at radius 2 is 1.02 bits per heavy atom. The number of amides is 4. The van der Waals surface area contributed by atoms with Crippen LogP contribution in [0.4, 0.5) is 22.8 Å². The summed E-state index contributed by atoms with van der Waals surface area (Å²) < 4.78 is 43.4. The Morgan fingerprint density at radius 1 is 0.538 bits per heavy atom. The Labute approximate surface area is 562 Å². The molecule has 512 valence electrons. The zero-order chi connectivity index (χ0) is 70.5. The molecule has 0 saturated heterocycles. The van der Waals surface area contributed by atoms with Gasteiger partial charge in [0.2, 0.25) is 0 Å². The van der Waals surface area contributed by atoms with Crippen LogP contribution in [0.15, 0.2) is 159 Å². The molecule has 4 amide bonds. The number of alkyl halides is 3. The molecule has 17 nitrogen and oxygen atoms in total. The summed E-state index contributed by atoms with van der Waals surface area (Å²) in [5.74, 6) is 0.820. The minimum absolute atomic E-state index is 0.0158. The minimum atomic E-state index is -4.52. The molecule has 1 saturated carbocycles. The van der Waals surface area contributed by atoms with Gasteiger partial charge >= 0.3 is 18.2 Å². The highest BCUT2D eigenvalue weighted by Gasteiger charge is 2.34. The molecule has 0 bridgehead atoms. The molecule has 22 heteroatoms. The zero-order valence-corrected chi connectivity index (χ0v) is 58.7. The van der Waals surface area contributed by atoms with E-state index in [1.165, 1.54) is 12.1 Å². The molecule has 6 aromatic rings. The molecule has 1 aliphatic carbocycles. The molecule has 1 aliphatic rings. The largest absolute Gasteiger partial charge is 0.506 e. The summed E-state index contributed by atoms with van der Waals surface area (Å²) in [5.41, 5.74) is 12.5. The Morgan fingerprint density at radius 3 is 1.44 bits per heavy atom. The van der Waals surface area contributed by atoms with Crippen LogP contribution in [-0.2, 0) is 6.18 Å². The monoisotopic (exact) mass is 1330 g/mol. The summed E-state index contributed by atoms with van der Waals surface area (Å²) >= 11 is 11.3. The first-order valence-electron chi connectivity index (χ1n) is 31.1. The van der Waals surface area contributed by atoms with Crippen LogP contribution in [0.25, 0.3) is 22.8 Å². The van der Waals surface area contributed by atoms with Gasteiger partial charge in [0.05, 0.1) is 51.0 Å². The van der Waals surface area contributed by atoms with E-state index < -0.39 is 23.8 Å². The van der Waals surface area contributed by atoms with E-state index in [1.54, 1.807) is 76.2 Å². The molecule has 4 aromatic heterocycles.